The molecule has 1 heterocycles. The minimum atomic E-state index is -0.496. The van der Waals surface area contributed by atoms with Gasteiger partial charge >= 0.3 is 0 Å². The zero-order valence-corrected chi connectivity index (χ0v) is 17.6. The number of Topliss-reactive ketones (excluding diaryl/α,β-unsaturated/α-hetero) is 1. The molecule has 3 N–H and O–H groups in total. The number of nitrogens with one attached hydrogen (secondary N) is 3. The van der Waals surface area contributed by atoms with E-state index in [1.165, 1.54) is 12.3 Å². The highest BCUT2D eigenvalue weighted by molar-refractivity contribution is 6.05. The predicted molar refractivity (Wildman–Crippen MR) is 122 cm³/mol. The van der Waals surface area contributed by atoms with Gasteiger partial charge in [-0.25, -0.2) is 4.98 Å². The Kier molecular flexibility index (Phi) is 8.10. The molecular weight excluding hydrogens is 422 g/mol. The largest absolute Gasteiger partial charge is 0.351 e. The third-order valence-corrected chi connectivity index (χ3v) is 4.52. The second kappa shape index (κ2) is 11.6. The van der Waals surface area contributed by atoms with E-state index < -0.39 is 11.8 Å². The van der Waals surface area contributed by atoms with Gasteiger partial charge < -0.3 is 15.6 Å². The summed E-state index contributed by atoms with van der Waals surface area (Å²) in [6, 6.07) is 15.0. The molecule has 166 valence electrons. The van der Waals surface area contributed by atoms with Crippen LogP contribution in [0.5, 0.6) is 0 Å². The lowest BCUT2D eigenvalue weighted by Crippen LogP contribution is -2.35. The van der Waals surface area contributed by atoms with Crippen LogP contribution in [0.2, 0.25) is 0 Å². The molecule has 10 heteroatoms. The van der Waals surface area contributed by atoms with Crippen LogP contribution in [0.3, 0.4) is 0 Å². The highest BCUT2D eigenvalue weighted by atomic mass is 16.2. The maximum atomic E-state index is 12.8. The Morgan fingerprint density at radius 2 is 1.85 bits per heavy atom. The standard InChI is InChI=1S/C23H21N7O3/c24-30-29-18-10-8-16(9-11-18)15-19(28-22(32)17-5-2-1-3-6-17)23(33)27-12-4-7-20(31)21-25-13-14-26-21/h1-3,5-6,8-11,13-15H,4,7,12H2,(H,25,26)(H,27,33)(H,28,32). The van der Waals surface area contributed by atoms with Crippen molar-refractivity contribution in [1.29, 1.82) is 0 Å². The number of amides is 2. The van der Waals surface area contributed by atoms with Crippen molar-refractivity contribution >= 4 is 29.4 Å². The highest BCUT2D eigenvalue weighted by Gasteiger charge is 2.15. The van der Waals surface area contributed by atoms with E-state index in [1.54, 1.807) is 60.8 Å². The van der Waals surface area contributed by atoms with Crippen molar-refractivity contribution in [3.8, 4) is 0 Å². The average molecular weight is 443 g/mol. The Bertz CT molecular complexity index is 1180. The van der Waals surface area contributed by atoms with E-state index in [9.17, 15) is 14.4 Å². The van der Waals surface area contributed by atoms with E-state index in [0.29, 0.717) is 23.2 Å². The Hall–Kier alpha value is -4.69. The molecule has 0 bridgehead atoms. The van der Waals surface area contributed by atoms with E-state index in [0.717, 1.165) is 0 Å². The maximum absolute atomic E-state index is 12.8. The van der Waals surface area contributed by atoms with Crippen molar-refractivity contribution in [2.24, 2.45) is 5.11 Å². The average Bonchev–Trinajstić information content (AvgIpc) is 3.38. The molecule has 3 aromatic rings. The van der Waals surface area contributed by atoms with Gasteiger partial charge in [0.25, 0.3) is 11.8 Å². The van der Waals surface area contributed by atoms with Gasteiger partial charge in [0.15, 0.2) is 11.6 Å². The molecule has 2 aromatic carbocycles. The summed E-state index contributed by atoms with van der Waals surface area (Å²) in [5.74, 6) is -0.803. The molecule has 0 saturated heterocycles. The van der Waals surface area contributed by atoms with E-state index in [4.69, 9.17) is 5.53 Å². The highest BCUT2D eigenvalue weighted by Crippen LogP contribution is 2.15. The summed E-state index contributed by atoms with van der Waals surface area (Å²) < 4.78 is 0. The number of benzene rings is 2. The number of ketones is 1. The number of rotatable bonds is 10. The number of aromatic nitrogens is 2. The number of aromatic amines is 1. The molecule has 0 aliphatic carbocycles. The van der Waals surface area contributed by atoms with Crippen LogP contribution >= 0.6 is 0 Å². The van der Waals surface area contributed by atoms with Crippen LogP contribution in [0.25, 0.3) is 16.5 Å². The third-order valence-electron chi connectivity index (χ3n) is 4.52. The molecule has 0 unspecified atom stereocenters. The first-order valence-electron chi connectivity index (χ1n) is 10.1. The molecule has 0 fully saturated rings. The number of hydrogen-bond donors (Lipinski definition) is 3. The zero-order valence-electron chi connectivity index (χ0n) is 17.6. The molecular formula is C23H21N7O3. The molecule has 0 aliphatic heterocycles. The number of carbonyl (C=O) groups is 3. The number of nitrogens with zero attached hydrogens (tertiary/aromatic N) is 4. The van der Waals surface area contributed by atoms with Crippen molar-refractivity contribution in [2.75, 3.05) is 6.54 Å². The first-order chi connectivity index (χ1) is 16.1. The molecule has 10 nitrogen and oxygen atoms in total. The minimum absolute atomic E-state index is 0.0396. The second-order valence-electron chi connectivity index (χ2n) is 6.88. The first kappa shape index (κ1) is 23.0. The van der Waals surface area contributed by atoms with Crippen molar-refractivity contribution < 1.29 is 14.4 Å². The molecule has 0 aliphatic rings. The quantitative estimate of drug-likeness (QED) is 0.109. The fraction of sp³-hybridized carbons (Fsp3) is 0.130. The monoisotopic (exact) mass is 443 g/mol. The molecule has 0 saturated carbocycles. The first-order valence-corrected chi connectivity index (χ1v) is 10.1. The van der Waals surface area contributed by atoms with Gasteiger partial charge in [-0.1, -0.05) is 47.6 Å². The summed E-state index contributed by atoms with van der Waals surface area (Å²) in [5, 5.41) is 8.87. The fourth-order valence-electron chi connectivity index (χ4n) is 2.88. The van der Waals surface area contributed by atoms with Gasteiger partial charge in [0.05, 0.1) is 0 Å². The summed E-state index contributed by atoms with van der Waals surface area (Å²) >= 11 is 0. The van der Waals surface area contributed by atoms with Crippen LogP contribution in [0.4, 0.5) is 5.69 Å². The van der Waals surface area contributed by atoms with Gasteiger partial charge in [-0.2, -0.15) is 0 Å². The van der Waals surface area contributed by atoms with Crippen molar-refractivity contribution in [3.05, 3.63) is 100 Å². The topological polar surface area (TPSA) is 153 Å². The Labute approximate surface area is 189 Å². The van der Waals surface area contributed by atoms with E-state index in [1.807, 2.05) is 0 Å². The van der Waals surface area contributed by atoms with Crippen molar-refractivity contribution in [3.63, 3.8) is 0 Å². The van der Waals surface area contributed by atoms with Gasteiger partial charge in [0, 0.05) is 41.5 Å². The van der Waals surface area contributed by atoms with Gasteiger partial charge in [-0.15, -0.1) is 0 Å². The Morgan fingerprint density at radius 1 is 1.09 bits per heavy atom. The molecule has 0 radical (unpaired) electrons. The van der Waals surface area contributed by atoms with Crippen LogP contribution < -0.4 is 10.6 Å². The molecule has 2 amide bonds. The summed E-state index contributed by atoms with van der Waals surface area (Å²) in [4.78, 5) is 46.8. The second-order valence-corrected chi connectivity index (χ2v) is 6.88. The summed E-state index contributed by atoms with van der Waals surface area (Å²) in [6.07, 6.45) is 5.21. The summed E-state index contributed by atoms with van der Waals surface area (Å²) in [5.41, 5.74) is 10.0. The van der Waals surface area contributed by atoms with E-state index >= 15 is 0 Å². The van der Waals surface area contributed by atoms with Crippen LogP contribution in [-0.4, -0.2) is 34.1 Å². The SMILES string of the molecule is [N-]=[N+]=Nc1ccc(C=C(NC(=O)c2ccccc2)C(=O)NCCCC(=O)c2ncc[nH]2)cc1. The van der Waals surface area contributed by atoms with Crippen molar-refractivity contribution in [1.82, 2.24) is 20.6 Å². The van der Waals surface area contributed by atoms with Gasteiger partial charge in [-0.3, -0.25) is 14.4 Å². The number of imidazole rings is 1. The molecule has 1 aromatic heterocycles. The number of H-pyrrole nitrogens is 1. The van der Waals surface area contributed by atoms with Gasteiger partial charge in [0.1, 0.15) is 5.70 Å². The zero-order chi connectivity index (χ0) is 23.5. The number of azide groups is 1. The molecule has 3 rings (SSSR count). The normalized spacial score (nSPS) is 10.7. The number of carbonyl (C=O) groups excluding carboxylic acids is 3. The van der Waals surface area contributed by atoms with Gasteiger partial charge in [0.2, 0.25) is 0 Å². The number of hydrogen-bond acceptors (Lipinski definition) is 5. The van der Waals surface area contributed by atoms with Gasteiger partial charge in [-0.05, 0) is 35.7 Å². The molecule has 0 atom stereocenters. The smallest absolute Gasteiger partial charge is 0.267 e. The van der Waals surface area contributed by atoms with E-state index in [-0.39, 0.29) is 30.3 Å². The summed E-state index contributed by atoms with van der Waals surface area (Å²) in [7, 11) is 0. The maximum Gasteiger partial charge on any atom is 0.267 e. The van der Waals surface area contributed by atoms with Crippen LogP contribution in [0.15, 0.2) is 77.8 Å². The van der Waals surface area contributed by atoms with Crippen LogP contribution in [-0.2, 0) is 4.79 Å². The van der Waals surface area contributed by atoms with Crippen molar-refractivity contribution in [2.45, 2.75) is 12.8 Å². The Balaban J connectivity index is 1.68. The predicted octanol–water partition coefficient (Wildman–Crippen LogP) is 3.90. The van der Waals surface area contributed by atoms with Crippen LogP contribution in [0.1, 0.15) is 39.4 Å². The minimum Gasteiger partial charge on any atom is -0.351 e. The molecule has 33 heavy (non-hydrogen) atoms. The van der Waals surface area contributed by atoms with Crippen LogP contribution in [0, 0.1) is 0 Å². The lowest BCUT2D eigenvalue weighted by Gasteiger charge is -2.11. The summed E-state index contributed by atoms with van der Waals surface area (Å²) in [6.45, 7) is 0.236. The molecule has 0 spiro atoms. The van der Waals surface area contributed by atoms with E-state index in [2.05, 4.69) is 30.6 Å². The fourth-order valence-corrected chi connectivity index (χ4v) is 2.88. The third kappa shape index (κ3) is 6.91. The Morgan fingerprint density at radius 3 is 2.52 bits per heavy atom. The lowest BCUT2D eigenvalue weighted by molar-refractivity contribution is -0.117. The lowest BCUT2D eigenvalue weighted by atomic mass is 10.1.